The SMILES string of the molecule is COC(=O)[C@@](C)(N=C=O)Nc1ccccc1. The molecule has 1 atom stereocenters. The molecule has 1 N–H and O–H groups in total. The van der Waals surface area contributed by atoms with Gasteiger partial charge in [-0.05, 0) is 19.1 Å². The van der Waals surface area contributed by atoms with Gasteiger partial charge in [0.2, 0.25) is 11.7 Å². The lowest BCUT2D eigenvalue weighted by Crippen LogP contribution is -2.42. The number of ether oxygens (including phenoxy) is 1. The molecule has 0 aliphatic carbocycles. The maximum Gasteiger partial charge on any atom is 0.355 e. The van der Waals surface area contributed by atoms with Gasteiger partial charge in [0.25, 0.3) is 0 Å². The molecule has 5 nitrogen and oxygen atoms in total. The monoisotopic (exact) mass is 220 g/mol. The molecule has 1 aromatic carbocycles. The Labute approximate surface area is 93.1 Å². The van der Waals surface area contributed by atoms with Crippen LogP contribution in [-0.4, -0.2) is 24.8 Å². The van der Waals surface area contributed by atoms with Crippen molar-refractivity contribution in [2.45, 2.75) is 12.6 Å². The van der Waals surface area contributed by atoms with Crippen LogP contribution in [0.2, 0.25) is 0 Å². The van der Waals surface area contributed by atoms with E-state index in [1.807, 2.05) is 6.07 Å². The quantitative estimate of drug-likeness (QED) is 0.472. The summed E-state index contributed by atoms with van der Waals surface area (Å²) >= 11 is 0. The van der Waals surface area contributed by atoms with E-state index in [2.05, 4.69) is 15.0 Å². The Bertz CT molecular complexity index is 412. The van der Waals surface area contributed by atoms with Crippen molar-refractivity contribution in [3.05, 3.63) is 30.3 Å². The summed E-state index contributed by atoms with van der Waals surface area (Å²) in [7, 11) is 1.23. The van der Waals surface area contributed by atoms with Crippen LogP contribution in [0.25, 0.3) is 0 Å². The topological polar surface area (TPSA) is 67.8 Å². The van der Waals surface area contributed by atoms with Gasteiger partial charge in [0.1, 0.15) is 0 Å². The third-order valence-electron chi connectivity index (χ3n) is 2.01. The van der Waals surface area contributed by atoms with Crippen molar-refractivity contribution in [2.75, 3.05) is 12.4 Å². The molecule has 0 aliphatic rings. The van der Waals surface area contributed by atoms with Crippen molar-refractivity contribution < 1.29 is 14.3 Å². The molecule has 0 spiro atoms. The first kappa shape index (κ1) is 11.9. The average molecular weight is 220 g/mol. The van der Waals surface area contributed by atoms with Gasteiger partial charge in [-0.2, -0.15) is 4.99 Å². The minimum absolute atomic E-state index is 0.653. The summed E-state index contributed by atoms with van der Waals surface area (Å²) in [6.45, 7) is 1.44. The molecule has 0 radical (unpaired) electrons. The number of aliphatic imine (C=N–C) groups is 1. The van der Waals surface area contributed by atoms with Crippen LogP contribution in [0.1, 0.15) is 6.92 Å². The van der Waals surface area contributed by atoms with Crippen molar-refractivity contribution in [3.8, 4) is 0 Å². The number of hydrogen-bond donors (Lipinski definition) is 1. The van der Waals surface area contributed by atoms with Gasteiger partial charge in [0.15, 0.2) is 0 Å². The lowest BCUT2D eigenvalue weighted by molar-refractivity contribution is -0.145. The highest BCUT2D eigenvalue weighted by molar-refractivity contribution is 5.84. The summed E-state index contributed by atoms with van der Waals surface area (Å²) in [6, 6.07) is 8.93. The molecule has 1 aromatic rings. The maximum absolute atomic E-state index is 11.5. The Morgan fingerprint density at radius 3 is 2.56 bits per heavy atom. The number of benzene rings is 1. The van der Waals surface area contributed by atoms with E-state index >= 15 is 0 Å². The Morgan fingerprint density at radius 2 is 2.06 bits per heavy atom. The van der Waals surface area contributed by atoms with Crippen LogP contribution >= 0.6 is 0 Å². The zero-order chi connectivity index (χ0) is 12.0. The molecule has 5 heteroatoms. The number of hydrogen-bond acceptors (Lipinski definition) is 5. The Hall–Kier alpha value is -2.13. The summed E-state index contributed by atoms with van der Waals surface area (Å²) in [6.07, 6.45) is 1.36. The van der Waals surface area contributed by atoms with E-state index in [1.165, 1.54) is 20.1 Å². The lowest BCUT2D eigenvalue weighted by Gasteiger charge is -2.22. The molecule has 16 heavy (non-hydrogen) atoms. The standard InChI is InChI=1S/C11H12N2O3/c1-11(12-8-14,10(15)16-2)13-9-6-4-3-5-7-9/h3-7,13H,1-2H3/t11-/m0/s1. The average Bonchev–Trinajstić information content (AvgIpc) is 2.29. The van der Waals surface area contributed by atoms with Crippen LogP contribution < -0.4 is 5.32 Å². The molecule has 0 fully saturated rings. The normalized spacial score (nSPS) is 13.1. The molecule has 0 saturated heterocycles. The molecule has 84 valence electrons. The fourth-order valence-electron chi connectivity index (χ4n) is 1.22. The highest BCUT2D eigenvalue weighted by Gasteiger charge is 2.34. The number of carbonyl (C=O) groups is 1. The number of anilines is 1. The van der Waals surface area contributed by atoms with E-state index in [1.54, 1.807) is 24.3 Å². The van der Waals surface area contributed by atoms with Crippen LogP contribution in [-0.2, 0) is 14.3 Å². The van der Waals surface area contributed by atoms with Gasteiger partial charge in [0.05, 0.1) is 7.11 Å². The van der Waals surface area contributed by atoms with Gasteiger partial charge in [-0.3, -0.25) is 0 Å². The number of nitrogens with zero attached hydrogens (tertiary/aromatic N) is 1. The summed E-state index contributed by atoms with van der Waals surface area (Å²) < 4.78 is 4.57. The first-order valence-electron chi connectivity index (χ1n) is 4.63. The first-order chi connectivity index (χ1) is 7.62. The summed E-state index contributed by atoms with van der Waals surface area (Å²) in [5.41, 5.74) is -0.785. The zero-order valence-electron chi connectivity index (χ0n) is 9.06. The number of isocyanates is 1. The third kappa shape index (κ3) is 2.68. The smallest absolute Gasteiger partial charge is 0.355 e. The molecule has 1 rings (SSSR count). The van der Waals surface area contributed by atoms with E-state index in [0.29, 0.717) is 5.69 Å². The van der Waals surface area contributed by atoms with E-state index in [9.17, 15) is 9.59 Å². The van der Waals surface area contributed by atoms with Gasteiger partial charge < -0.3 is 10.1 Å². The Kier molecular flexibility index (Phi) is 3.80. The molecule has 0 amide bonds. The van der Waals surface area contributed by atoms with E-state index in [4.69, 9.17) is 0 Å². The van der Waals surface area contributed by atoms with E-state index in [0.717, 1.165) is 0 Å². The molecule has 0 aromatic heterocycles. The summed E-state index contributed by atoms with van der Waals surface area (Å²) in [5, 5.41) is 2.80. The highest BCUT2D eigenvalue weighted by Crippen LogP contribution is 2.17. The van der Waals surface area contributed by atoms with Crippen molar-refractivity contribution >= 4 is 17.7 Å². The van der Waals surface area contributed by atoms with Gasteiger partial charge in [-0.25, -0.2) is 9.59 Å². The minimum Gasteiger partial charge on any atom is -0.466 e. The lowest BCUT2D eigenvalue weighted by atomic mass is 10.2. The number of methoxy groups -OCH3 is 1. The molecule has 0 bridgehead atoms. The van der Waals surface area contributed by atoms with Gasteiger partial charge in [-0.1, -0.05) is 18.2 Å². The van der Waals surface area contributed by atoms with Crippen molar-refractivity contribution in [1.82, 2.24) is 0 Å². The maximum atomic E-state index is 11.5. The second-order valence-electron chi connectivity index (χ2n) is 3.26. The largest absolute Gasteiger partial charge is 0.466 e. The Morgan fingerprint density at radius 1 is 1.44 bits per heavy atom. The predicted octanol–water partition coefficient (Wildman–Crippen LogP) is 1.32. The number of para-hydroxylation sites is 1. The van der Waals surface area contributed by atoms with Gasteiger partial charge in [0, 0.05) is 5.69 Å². The molecule has 0 aliphatic heterocycles. The minimum atomic E-state index is -1.45. The van der Waals surface area contributed by atoms with Gasteiger partial charge in [-0.15, -0.1) is 0 Å². The molecular formula is C11H12N2O3. The second kappa shape index (κ2) is 5.09. The van der Waals surface area contributed by atoms with Gasteiger partial charge >= 0.3 is 5.97 Å². The second-order valence-corrected chi connectivity index (χ2v) is 3.26. The zero-order valence-corrected chi connectivity index (χ0v) is 9.06. The molecule has 0 saturated carbocycles. The van der Waals surface area contributed by atoms with Crippen molar-refractivity contribution in [2.24, 2.45) is 4.99 Å². The van der Waals surface area contributed by atoms with Crippen LogP contribution in [0.4, 0.5) is 5.69 Å². The number of rotatable bonds is 4. The summed E-state index contributed by atoms with van der Waals surface area (Å²) in [4.78, 5) is 25.2. The van der Waals surface area contributed by atoms with E-state index < -0.39 is 11.6 Å². The van der Waals surface area contributed by atoms with Crippen LogP contribution in [0.5, 0.6) is 0 Å². The molecule has 0 unspecified atom stereocenters. The number of esters is 1. The third-order valence-corrected chi connectivity index (χ3v) is 2.01. The fraction of sp³-hybridized carbons (Fsp3) is 0.273. The Balaban J connectivity index is 2.96. The molecule has 0 heterocycles. The highest BCUT2D eigenvalue weighted by atomic mass is 16.5. The summed E-state index contributed by atoms with van der Waals surface area (Å²) in [5.74, 6) is -0.653. The number of carbonyl (C=O) groups excluding carboxylic acids is 2. The van der Waals surface area contributed by atoms with Crippen LogP contribution in [0.3, 0.4) is 0 Å². The fourth-order valence-corrected chi connectivity index (χ4v) is 1.22. The van der Waals surface area contributed by atoms with Crippen LogP contribution in [0, 0.1) is 0 Å². The van der Waals surface area contributed by atoms with Crippen molar-refractivity contribution in [1.29, 1.82) is 0 Å². The van der Waals surface area contributed by atoms with Crippen LogP contribution in [0.15, 0.2) is 35.3 Å². The van der Waals surface area contributed by atoms with E-state index in [-0.39, 0.29) is 0 Å². The number of nitrogens with one attached hydrogen (secondary N) is 1. The predicted molar refractivity (Wildman–Crippen MR) is 58.6 cm³/mol. The first-order valence-corrected chi connectivity index (χ1v) is 4.63. The molecular weight excluding hydrogens is 208 g/mol. The van der Waals surface area contributed by atoms with Crippen molar-refractivity contribution in [3.63, 3.8) is 0 Å².